The Morgan fingerprint density at radius 3 is 2.22 bits per heavy atom. The highest BCUT2D eigenvalue weighted by molar-refractivity contribution is 7.95. The molecule has 0 bridgehead atoms. The topological polar surface area (TPSA) is 38.8 Å². The van der Waals surface area contributed by atoms with Crippen molar-refractivity contribution in [2.24, 2.45) is 5.92 Å². The van der Waals surface area contributed by atoms with Gasteiger partial charge in [0.1, 0.15) is 18.6 Å². The number of hydrogen-bond donors (Lipinski definition) is 0. The maximum absolute atomic E-state index is 13.0. The zero-order valence-corrected chi connectivity index (χ0v) is 14.7. The van der Waals surface area contributed by atoms with Gasteiger partial charge in [-0.05, 0) is 24.3 Å². The van der Waals surface area contributed by atoms with Crippen LogP contribution in [0.2, 0.25) is 0 Å². The number of halogens is 6. The molecule has 11 heteroatoms. The number of alkyl halides is 6. The minimum atomic E-state index is -4.93. The summed E-state index contributed by atoms with van der Waals surface area (Å²) in [4.78, 5) is 13.2. The second kappa shape index (κ2) is 9.05. The number of piperidine rings is 1. The van der Waals surface area contributed by atoms with Crippen LogP contribution in [0.1, 0.15) is 18.4 Å². The van der Waals surface area contributed by atoms with Gasteiger partial charge in [0.2, 0.25) is 0 Å². The van der Waals surface area contributed by atoms with Gasteiger partial charge in [-0.2, -0.15) is 26.3 Å². The van der Waals surface area contributed by atoms with Crippen molar-refractivity contribution in [3.05, 3.63) is 35.9 Å². The largest absolute Gasteiger partial charge is 0.467 e. The number of ether oxygens (including phenoxy) is 1. The fraction of sp³-hybridized carbons (Fsp3) is 0.562. The van der Waals surface area contributed by atoms with Crippen molar-refractivity contribution in [2.45, 2.75) is 37.2 Å². The molecule has 4 nitrogen and oxygen atoms in total. The standard InChI is InChI=1S/C16H17F6NO3S/c17-15(18,19)13(26-27-16(20,21)22)12-6-8-23(9-7-12)14(24)25-10-11-4-2-1-3-5-11/h1-5,12-13H,6-10H2. The van der Waals surface area contributed by atoms with Gasteiger partial charge in [0.05, 0.1) is 0 Å². The zero-order valence-electron chi connectivity index (χ0n) is 13.9. The number of carbonyl (C=O) groups is 1. The lowest BCUT2D eigenvalue weighted by Crippen LogP contribution is -2.46. The molecule has 0 spiro atoms. The molecule has 152 valence electrons. The second-order valence-corrected chi connectivity index (χ2v) is 6.77. The number of nitrogens with zero attached hydrogens (tertiary/aromatic N) is 1. The number of carbonyl (C=O) groups excluding carboxylic acids is 1. The molecule has 1 aliphatic heterocycles. The van der Waals surface area contributed by atoms with E-state index >= 15 is 0 Å². The third kappa shape index (κ3) is 7.13. The van der Waals surface area contributed by atoms with E-state index in [9.17, 15) is 31.1 Å². The Morgan fingerprint density at radius 2 is 1.70 bits per heavy atom. The molecule has 27 heavy (non-hydrogen) atoms. The molecule has 1 atom stereocenters. The summed E-state index contributed by atoms with van der Waals surface area (Å²) in [5.74, 6) is -1.17. The molecule has 1 unspecified atom stereocenters. The Morgan fingerprint density at radius 1 is 1.11 bits per heavy atom. The van der Waals surface area contributed by atoms with Gasteiger partial charge in [0.25, 0.3) is 0 Å². The van der Waals surface area contributed by atoms with Gasteiger partial charge in [-0.3, -0.25) is 4.18 Å². The maximum Gasteiger partial charge on any atom is 0.467 e. The predicted octanol–water partition coefficient (Wildman–Crippen LogP) is 5.15. The van der Waals surface area contributed by atoms with E-state index in [2.05, 4.69) is 4.18 Å². The van der Waals surface area contributed by atoms with Crippen LogP contribution in [0, 0.1) is 5.92 Å². The molecule has 1 fully saturated rings. The fourth-order valence-corrected chi connectivity index (χ4v) is 3.18. The van der Waals surface area contributed by atoms with Gasteiger partial charge in [-0.25, -0.2) is 4.79 Å². The van der Waals surface area contributed by atoms with E-state index in [0.717, 1.165) is 5.56 Å². The Balaban J connectivity index is 1.85. The van der Waals surface area contributed by atoms with Crippen molar-refractivity contribution < 1.29 is 40.1 Å². The van der Waals surface area contributed by atoms with Crippen LogP contribution >= 0.6 is 12.0 Å². The van der Waals surface area contributed by atoms with Crippen molar-refractivity contribution in [2.75, 3.05) is 13.1 Å². The molecule has 1 heterocycles. The van der Waals surface area contributed by atoms with E-state index < -0.39 is 41.8 Å². The Labute approximate surface area is 156 Å². The van der Waals surface area contributed by atoms with Gasteiger partial charge < -0.3 is 9.64 Å². The summed E-state index contributed by atoms with van der Waals surface area (Å²) in [6, 6.07) is 8.84. The van der Waals surface area contributed by atoms with E-state index in [0.29, 0.717) is 0 Å². The lowest BCUT2D eigenvalue weighted by molar-refractivity contribution is -0.211. The smallest absolute Gasteiger partial charge is 0.445 e. The van der Waals surface area contributed by atoms with Crippen LogP contribution in [-0.2, 0) is 15.5 Å². The molecule has 0 N–H and O–H groups in total. The van der Waals surface area contributed by atoms with Crippen molar-refractivity contribution >= 4 is 18.1 Å². The first-order valence-electron chi connectivity index (χ1n) is 8.00. The van der Waals surface area contributed by atoms with Crippen molar-refractivity contribution in [1.29, 1.82) is 0 Å². The van der Waals surface area contributed by atoms with Crippen LogP contribution in [-0.4, -0.2) is 41.9 Å². The van der Waals surface area contributed by atoms with E-state index in [-0.39, 0.29) is 32.5 Å². The molecule has 1 aromatic carbocycles. The molecule has 0 aromatic heterocycles. The molecule has 2 rings (SSSR count). The van der Waals surface area contributed by atoms with E-state index in [1.165, 1.54) is 4.90 Å². The molecule has 0 radical (unpaired) electrons. The first-order chi connectivity index (χ1) is 12.6. The van der Waals surface area contributed by atoms with Crippen LogP contribution in [0.25, 0.3) is 0 Å². The number of amides is 1. The van der Waals surface area contributed by atoms with Crippen molar-refractivity contribution in [3.8, 4) is 0 Å². The first-order valence-corrected chi connectivity index (χ1v) is 8.74. The van der Waals surface area contributed by atoms with Gasteiger partial charge >= 0.3 is 17.8 Å². The highest BCUT2D eigenvalue weighted by atomic mass is 32.2. The Kier molecular flexibility index (Phi) is 7.26. The van der Waals surface area contributed by atoms with Gasteiger partial charge in [0, 0.05) is 13.1 Å². The average molecular weight is 417 g/mol. The van der Waals surface area contributed by atoms with Crippen molar-refractivity contribution in [1.82, 2.24) is 4.90 Å². The number of benzene rings is 1. The van der Waals surface area contributed by atoms with Crippen LogP contribution in [0.15, 0.2) is 30.3 Å². The first kappa shape index (κ1) is 21.7. The lowest BCUT2D eigenvalue weighted by Gasteiger charge is -2.35. The quantitative estimate of drug-likeness (QED) is 0.491. The van der Waals surface area contributed by atoms with Crippen molar-refractivity contribution in [3.63, 3.8) is 0 Å². The maximum atomic E-state index is 13.0. The number of hydrogen-bond acceptors (Lipinski definition) is 4. The van der Waals surface area contributed by atoms with Gasteiger partial charge in [-0.15, -0.1) is 0 Å². The van der Waals surface area contributed by atoms with E-state index in [4.69, 9.17) is 4.74 Å². The highest BCUT2D eigenvalue weighted by Gasteiger charge is 2.49. The Hall–Kier alpha value is -1.62. The average Bonchev–Trinajstić information content (AvgIpc) is 2.59. The summed E-state index contributed by atoms with van der Waals surface area (Å²) in [7, 11) is 0. The van der Waals surface area contributed by atoms with E-state index in [1.807, 2.05) is 0 Å². The zero-order chi connectivity index (χ0) is 20.1. The fourth-order valence-electron chi connectivity index (χ4n) is 2.70. The van der Waals surface area contributed by atoms with Crippen LogP contribution in [0.5, 0.6) is 0 Å². The predicted molar refractivity (Wildman–Crippen MR) is 85.5 cm³/mol. The SMILES string of the molecule is O=C(OCc1ccccc1)N1CCC(C(OSC(F)(F)F)C(F)(F)F)CC1. The summed E-state index contributed by atoms with van der Waals surface area (Å²) < 4.78 is 84.7. The number of likely N-dealkylation sites (tertiary alicyclic amines) is 1. The van der Waals surface area contributed by atoms with Gasteiger partial charge in [0.15, 0.2) is 6.10 Å². The van der Waals surface area contributed by atoms with Crippen LogP contribution < -0.4 is 0 Å². The summed E-state index contributed by atoms with van der Waals surface area (Å²) >= 11 is -1.15. The minimum absolute atomic E-state index is 0.0239. The van der Waals surface area contributed by atoms with Crippen LogP contribution in [0.3, 0.4) is 0 Å². The molecular weight excluding hydrogens is 400 g/mol. The summed E-state index contributed by atoms with van der Waals surface area (Å²) in [5.41, 5.74) is -4.17. The van der Waals surface area contributed by atoms with Crippen LogP contribution in [0.4, 0.5) is 31.1 Å². The molecule has 0 saturated carbocycles. The molecule has 1 saturated heterocycles. The van der Waals surface area contributed by atoms with E-state index in [1.54, 1.807) is 30.3 Å². The van der Waals surface area contributed by atoms with Gasteiger partial charge in [-0.1, -0.05) is 30.3 Å². The summed E-state index contributed by atoms with van der Waals surface area (Å²) in [6.07, 6.45) is -8.43. The third-order valence-electron chi connectivity index (χ3n) is 4.00. The molecule has 1 aliphatic rings. The minimum Gasteiger partial charge on any atom is -0.445 e. The summed E-state index contributed by atoms with van der Waals surface area (Å²) in [5, 5.41) is 0. The second-order valence-electron chi connectivity index (χ2n) is 5.95. The lowest BCUT2D eigenvalue weighted by atomic mass is 9.91. The third-order valence-corrected chi connectivity index (χ3v) is 4.49. The molecule has 0 aliphatic carbocycles. The molecular formula is C16H17F6NO3S. The number of rotatable bonds is 5. The Bertz CT molecular complexity index is 602. The normalized spacial score (nSPS) is 17.6. The summed E-state index contributed by atoms with van der Waals surface area (Å²) in [6.45, 7) is -0.0774. The monoisotopic (exact) mass is 417 g/mol. The highest BCUT2D eigenvalue weighted by Crippen LogP contribution is 2.40. The molecule has 1 aromatic rings. The molecule has 1 amide bonds.